The van der Waals surface area contributed by atoms with E-state index in [9.17, 15) is 9.90 Å². The minimum Gasteiger partial charge on any atom is -0.484 e. The molecule has 0 aromatic heterocycles. The van der Waals surface area contributed by atoms with E-state index in [1.54, 1.807) is 0 Å². The summed E-state index contributed by atoms with van der Waals surface area (Å²) in [6.07, 6.45) is 0.242. The third kappa shape index (κ3) is 3.13. The number of hydrogen-bond acceptors (Lipinski definition) is 4. The number of para-hydroxylation sites is 1. The zero-order valence-electron chi connectivity index (χ0n) is 14.7. The molecule has 1 saturated heterocycles. The molecule has 4 rings (SSSR count). The van der Waals surface area contributed by atoms with Gasteiger partial charge in [-0.1, -0.05) is 41.9 Å². The molecule has 2 heterocycles. The minimum atomic E-state index is -0.473. The average molecular weight is 372 g/mol. The Morgan fingerprint density at radius 1 is 1.15 bits per heavy atom. The third-order valence-electron chi connectivity index (χ3n) is 5.41. The fraction of sp³-hybridized carbons (Fsp3) is 0.381. The second-order valence-electron chi connectivity index (χ2n) is 7.20. The zero-order valence-corrected chi connectivity index (χ0v) is 15.4. The summed E-state index contributed by atoms with van der Waals surface area (Å²) in [6, 6.07) is 13.1. The van der Waals surface area contributed by atoms with Crippen molar-refractivity contribution < 1.29 is 14.6 Å². The molecule has 5 heteroatoms. The number of rotatable bonds is 2. The van der Waals surface area contributed by atoms with Crippen molar-refractivity contribution in [2.45, 2.75) is 31.0 Å². The number of aliphatic hydroxyl groups is 1. The van der Waals surface area contributed by atoms with Crippen LogP contribution in [0.1, 0.15) is 46.3 Å². The van der Waals surface area contributed by atoms with Gasteiger partial charge < -0.3 is 14.7 Å². The van der Waals surface area contributed by atoms with E-state index in [1.807, 2.05) is 49.5 Å². The summed E-state index contributed by atoms with van der Waals surface area (Å²) in [7, 11) is 2.01. The summed E-state index contributed by atoms with van der Waals surface area (Å²) in [5, 5.41) is 11.2. The molecule has 2 aliphatic rings. The highest BCUT2D eigenvalue weighted by molar-refractivity contribution is 6.31. The number of ether oxygens (including phenoxy) is 1. The minimum absolute atomic E-state index is 0.0288. The van der Waals surface area contributed by atoms with Crippen LogP contribution in [0.2, 0.25) is 5.02 Å². The molecule has 26 heavy (non-hydrogen) atoms. The predicted octanol–water partition coefficient (Wildman–Crippen LogP) is 3.83. The number of Topliss-reactive ketones (excluding diaryl/α,β-unsaturated/α-hetero) is 1. The molecule has 3 atom stereocenters. The SMILES string of the molecule is CN1CCC(c2cccc3c2OC(c2ccccc2Cl)CC3=O)C(O)C1. The average Bonchev–Trinajstić information content (AvgIpc) is 2.62. The van der Waals surface area contributed by atoms with Gasteiger partial charge in [0, 0.05) is 28.6 Å². The van der Waals surface area contributed by atoms with Gasteiger partial charge in [-0.05, 0) is 32.1 Å². The van der Waals surface area contributed by atoms with Gasteiger partial charge in [0.15, 0.2) is 5.78 Å². The van der Waals surface area contributed by atoms with Crippen LogP contribution in [-0.2, 0) is 0 Å². The number of likely N-dealkylation sites (tertiary alicyclic amines) is 1. The number of benzene rings is 2. The monoisotopic (exact) mass is 371 g/mol. The lowest BCUT2D eigenvalue weighted by molar-refractivity contribution is 0.0603. The normalized spacial score (nSPS) is 26.3. The van der Waals surface area contributed by atoms with Gasteiger partial charge in [-0.2, -0.15) is 0 Å². The fourth-order valence-corrected chi connectivity index (χ4v) is 4.28. The molecular weight excluding hydrogens is 350 g/mol. The standard InChI is InChI=1S/C21H22ClNO3/c1-23-10-9-13(19(25)12-23)14-6-4-7-16-18(24)11-20(26-21(14)16)15-5-2-3-8-17(15)22/h2-8,13,19-20,25H,9-12H2,1H3. The lowest BCUT2D eigenvalue weighted by atomic mass is 9.84. The second kappa shape index (κ2) is 7.03. The van der Waals surface area contributed by atoms with Gasteiger partial charge >= 0.3 is 0 Å². The van der Waals surface area contributed by atoms with Gasteiger partial charge in [-0.3, -0.25) is 4.79 Å². The van der Waals surface area contributed by atoms with Crippen molar-refractivity contribution in [2.24, 2.45) is 0 Å². The van der Waals surface area contributed by atoms with Crippen molar-refractivity contribution in [3.8, 4) is 5.75 Å². The number of hydrogen-bond donors (Lipinski definition) is 1. The molecule has 1 fully saturated rings. The Bertz CT molecular complexity index is 838. The molecule has 136 valence electrons. The molecule has 2 aromatic rings. The maximum atomic E-state index is 12.8. The molecule has 2 aromatic carbocycles. The molecule has 1 N–H and O–H groups in total. The van der Waals surface area contributed by atoms with Crippen molar-refractivity contribution in [2.75, 3.05) is 20.1 Å². The second-order valence-corrected chi connectivity index (χ2v) is 7.61. The van der Waals surface area contributed by atoms with Crippen molar-refractivity contribution in [1.82, 2.24) is 4.90 Å². The molecule has 0 saturated carbocycles. The molecule has 2 aliphatic heterocycles. The summed E-state index contributed by atoms with van der Waals surface area (Å²) in [5.41, 5.74) is 2.36. The molecule has 0 aliphatic carbocycles. The smallest absolute Gasteiger partial charge is 0.170 e. The molecule has 3 unspecified atom stereocenters. The fourth-order valence-electron chi connectivity index (χ4n) is 4.02. The highest BCUT2D eigenvalue weighted by Gasteiger charge is 2.35. The predicted molar refractivity (Wildman–Crippen MR) is 101 cm³/mol. The van der Waals surface area contributed by atoms with E-state index >= 15 is 0 Å². The molecule has 0 spiro atoms. The molecule has 4 nitrogen and oxygen atoms in total. The van der Waals surface area contributed by atoms with Gasteiger partial charge in [-0.15, -0.1) is 0 Å². The van der Waals surface area contributed by atoms with E-state index in [0.717, 1.165) is 24.1 Å². The Kier molecular flexibility index (Phi) is 4.74. The topological polar surface area (TPSA) is 49.8 Å². The van der Waals surface area contributed by atoms with Crippen LogP contribution in [0.15, 0.2) is 42.5 Å². The largest absolute Gasteiger partial charge is 0.484 e. The number of carbonyl (C=O) groups is 1. The Morgan fingerprint density at radius 2 is 1.92 bits per heavy atom. The summed E-state index contributed by atoms with van der Waals surface area (Å²) in [6.45, 7) is 1.53. The number of β-amino-alcohol motifs (C(OH)–C–C–N with tert-alkyl or cyclic N) is 1. The quantitative estimate of drug-likeness (QED) is 0.871. The van der Waals surface area contributed by atoms with Crippen LogP contribution in [0.25, 0.3) is 0 Å². The van der Waals surface area contributed by atoms with Crippen LogP contribution in [0.4, 0.5) is 0 Å². The van der Waals surface area contributed by atoms with Crippen LogP contribution in [-0.4, -0.2) is 42.0 Å². The number of nitrogens with zero attached hydrogens (tertiary/aromatic N) is 1. The van der Waals surface area contributed by atoms with Gasteiger partial charge in [0.05, 0.1) is 18.1 Å². The summed E-state index contributed by atoms with van der Waals surface area (Å²) in [4.78, 5) is 14.9. The Morgan fingerprint density at radius 3 is 2.69 bits per heavy atom. The first kappa shape index (κ1) is 17.5. The van der Waals surface area contributed by atoms with Crippen LogP contribution in [0.5, 0.6) is 5.75 Å². The number of halogens is 1. The van der Waals surface area contributed by atoms with E-state index in [2.05, 4.69) is 4.90 Å². The highest BCUT2D eigenvalue weighted by Crippen LogP contribution is 2.43. The summed E-state index contributed by atoms with van der Waals surface area (Å²) >= 11 is 6.32. The first-order valence-electron chi connectivity index (χ1n) is 8.98. The zero-order chi connectivity index (χ0) is 18.3. The van der Waals surface area contributed by atoms with Gasteiger partial charge in [0.25, 0.3) is 0 Å². The Labute approximate surface area is 158 Å². The number of aliphatic hydroxyl groups excluding tert-OH is 1. The van der Waals surface area contributed by atoms with Crippen molar-refractivity contribution in [1.29, 1.82) is 0 Å². The maximum Gasteiger partial charge on any atom is 0.170 e. The Balaban J connectivity index is 1.72. The van der Waals surface area contributed by atoms with E-state index in [-0.39, 0.29) is 18.1 Å². The number of ketones is 1. The van der Waals surface area contributed by atoms with Crippen LogP contribution < -0.4 is 4.74 Å². The highest BCUT2D eigenvalue weighted by atomic mass is 35.5. The number of carbonyl (C=O) groups excluding carboxylic acids is 1. The van der Waals surface area contributed by atoms with Crippen LogP contribution >= 0.6 is 11.6 Å². The van der Waals surface area contributed by atoms with Gasteiger partial charge in [0.1, 0.15) is 11.9 Å². The molecular formula is C21H22ClNO3. The lowest BCUT2D eigenvalue weighted by Crippen LogP contribution is -2.40. The van der Waals surface area contributed by atoms with Gasteiger partial charge in [-0.25, -0.2) is 0 Å². The molecule has 0 amide bonds. The van der Waals surface area contributed by atoms with E-state index in [4.69, 9.17) is 16.3 Å². The summed E-state index contributed by atoms with van der Waals surface area (Å²) < 4.78 is 6.30. The third-order valence-corrected chi connectivity index (χ3v) is 5.76. The molecule has 0 bridgehead atoms. The van der Waals surface area contributed by atoms with Crippen molar-refractivity contribution >= 4 is 17.4 Å². The van der Waals surface area contributed by atoms with E-state index in [0.29, 0.717) is 22.9 Å². The van der Waals surface area contributed by atoms with Gasteiger partial charge in [0.2, 0.25) is 0 Å². The van der Waals surface area contributed by atoms with Crippen LogP contribution in [0.3, 0.4) is 0 Å². The van der Waals surface area contributed by atoms with Crippen molar-refractivity contribution in [3.63, 3.8) is 0 Å². The number of piperidine rings is 1. The van der Waals surface area contributed by atoms with E-state index in [1.165, 1.54) is 0 Å². The Hall–Kier alpha value is -1.88. The summed E-state index contributed by atoms with van der Waals surface area (Å²) in [5.74, 6) is 0.640. The lowest BCUT2D eigenvalue weighted by Gasteiger charge is -2.36. The number of fused-ring (bicyclic) bond motifs is 1. The first-order valence-corrected chi connectivity index (χ1v) is 9.36. The molecule has 0 radical (unpaired) electrons. The number of likely N-dealkylation sites (N-methyl/N-ethyl adjacent to an activating group) is 1. The first-order chi connectivity index (χ1) is 12.5. The van der Waals surface area contributed by atoms with Crippen molar-refractivity contribution in [3.05, 3.63) is 64.2 Å². The maximum absolute atomic E-state index is 12.8. The van der Waals surface area contributed by atoms with Crippen LogP contribution in [0, 0.1) is 0 Å². The van der Waals surface area contributed by atoms with E-state index < -0.39 is 12.2 Å².